The van der Waals surface area contributed by atoms with Gasteiger partial charge in [-0.05, 0) is 30.7 Å². The highest BCUT2D eigenvalue weighted by Crippen LogP contribution is 2.24. The molecule has 1 N–H and O–H groups in total. The summed E-state index contributed by atoms with van der Waals surface area (Å²) in [5.74, 6) is 0.704. The Labute approximate surface area is 164 Å². The van der Waals surface area contributed by atoms with Gasteiger partial charge in [0.15, 0.2) is 24.7 Å². The second-order valence-corrected chi connectivity index (χ2v) is 6.57. The summed E-state index contributed by atoms with van der Waals surface area (Å²) in [5.41, 5.74) is 0.982. The third kappa shape index (κ3) is 4.94. The Bertz CT molecular complexity index is 762. The molecule has 0 unspecified atom stereocenters. The van der Waals surface area contributed by atoms with E-state index >= 15 is 0 Å². The van der Waals surface area contributed by atoms with E-state index < -0.39 is 0 Å². The molecular weight excluding hydrogens is 360 g/mol. The van der Waals surface area contributed by atoms with Gasteiger partial charge >= 0.3 is 0 Å². The lowest BCUT2D eigenvalue weighted by Crippen LogP contribution is -2.52. The molecule has 1 heterocycles. The standard InChI is InChI=1S/C21H24N2O5/c1-16-6-2-4-8-18(16)27-14-20(25)22-10-12-23(13-11-22)21(26)15-28-19-9-5-3-7-17(19)24/h2-9,24H,10-15H2,1H3. The van der Waals surface area contributed by atoms with Crippen molar-refractivity contribution in [2.75, 3.05) is 39.4 Å². The SMILES string of the molecule is Cc1ccccc1OCC(=O)N1CCN(C(=O)COc2ccccc2O)CC1. The number of aryl methyl sites for hydroxylation is 1. The largest absolute Gasteiger partial charge is 0.504 e. The van der Waals surface area contributed by atoms with Crippen molar-refractivity contribution in [1.29, 1.82) is 0 Å². The maximum absolute atomic E-state index is 12.4. The lowest BCUT2D eigenvalue weighted by Gasteiger charge is -2.34. The summed E-state index contributed by atoms with van der Waals surface area (Å²) in [6, 6.07) is 14.1. The molecule has 2 aromatic rings. The highest BCUT2D eigenvalue weighted by molar-refractivity contribution is 5.80. The van der Waals surface area contributed by atoms with Crippen LogP contribution in [-0.4, -0.2) is 66.1 Å². The van der Waals surface area contributed by atoms with E-state index in [9.17, 15) is 14.7 Å². The van der Waals surface area contributed by atoms with Crippen LogP contribution in [0.3, 0.4) is 0 Å². The number of ether oxygens (including phenoxy) is 2. The summed E-state index contributed by atoms with van der Waals surface area (Å²) in [4.78, 5) is 28.0. The fourth-order valence-electron chi connectivity index (χ4n) is 2.96. The van der Waals surface area contributed by atoms with Gasteiger partial charge in [-0.1, -0.05) is 30.3 Å². The fraction of sp³-hybridized carbons (Fsp3) is 0.333. The number of hydrogen-bond acceptors (Lipinski definition) is 5. The van der Waals surface area contributed by atoms with Crippen molar-refractivity contribution in [3.63, 3.8) is 0 Å². The molecule has 148 valence electrons. The molecule has 2 amide bonds. The summed E-state index contributed by atoms with van der Waals surface area (Å²) in [6.07, 6.45) is 0. The maximum Gasteiger partial charge on any atom is 0.260 e. The molecule has 0 aromatic heterocycles. The number of aromatic hydroxyl groups is 1. The minimum Gasteiger partial charge on any atom is -0.504 e. The van der Waals surface area contributed by atoms with Gasteiger partial charge in [-0.15, -0.1) is 0 Å². The predicted octanol–water partition coefficient (Wildman–Crippen LogP) is 1.83. The van der Waals surface area contributed by atoms with Crippen LogP contribution in [0.2, 0.25) is 0 Å². The Morgan fingerprint density at radius 2 is 1.29 bits per heavy atom. The molecule has 2 aromatic carbocycles. The van der Waals surface area contributed by atoms with Crippen LogP contribution in [0.4, 0.5) is 0 Å². The number of carbonyl (C=O) groups excluding carboxylic acids is 2. The predicted molar refractivity (Wildman–Crippen MR) is 103 cm³/mol. The summed E-state index contributed by atoms with van der Waals surface area (Å²) >= 11 is 0. The van der Waals surface area contributed by atoms with E-state index in [4.69, 9.17) is 9.47 Å². The quantitative estimate of drug-likeness (QED) is 0.822. The van der Waals surface area contributed by atoms with Gasteiger partial charge in [0.25, 0.3) is 11.8 Å². The van der Waals surface area contributed by atoms with Crippen LogP contribution in [0.1, 0.15) is 5.56 Å². The molecule has 1 fully saturated rings. The van der Waals surface area contributed by atoms with Crippen LogP contribution < -0.4 is 9.47 Å². The van der Waals surface area contributed by atoms with Gasteiger partial charge in [-0.25, -0.2) is 0 Å². The summed E-state index contributed by atoms with van der Waals surface area (Å²) in [5, 5.41) is 9.67. The van der Waals surface area contributed by atoms with E-state index in [2.05, 4.69) is 0 Å². The molecule has 0 radical (unpaired) electrons. The molecule has 3 rings (SSSR count). The molecule has 1 aliphatic heterocycles. The number of carbonyl (C=O) groups is 2. The van der Waals surface area contributed by atoms with Crippen molar-refractivity contribution in [3.8, 4) is 17.2 Å². The molecule has 28 heavy (non-hydrogen) atoms. The van der Waals surface area contributed by atoms with E-state index in [1.165, 1.54) is 6.07 Å². The number of piperazine rings is 1. The molecule has 1 saturated heterocycles. The number of nitrogens with zero attached hydrogens (tertiary/aromatic N) is 2. The van der Waals surface area contributed by atoms with Gasteiger partial charge in [0.2, 0.25) is 0 Å². The van der Waals surface area contributed by atoms with Gasteiger partial charge in [-0.2, -0.15) is 0 Å². The zero-order valence-corrected chi connectivity index (χ0v) is 15.8. The lowest BCUT2D eigenvalue weighted by molar-refractivity contribution is -0.141. The number of phenols is 1. The third-order valence-electron chi connectivity index (χ3n) is 4.65. The van der Waals surface area contributed by atoms with Crippen molar-refractivity contribution in [2.24, 2.45) is 0 Å². The number of hydrogen-bond donors (Lipinski definition) is 1. The third-order valence-corrected chi connectivity index (χ3v) is 4.65. The van der Waals surface area contributed by atoms with Crippen molar-refractivity contribution < 1.29 is 24.2 Å². The van der Waals surface area contributed by atoms with Crippen LogP contribution in [0, 0.1) is 6.92 Å². The molecular formula is C21H24N2O5. The fourth-order valence-corrected chi connectivity index (χ4v) is 2.96. The molecule has 7 nitrogen and oxygen atoms in total. The monoisotopic (exact) mass is 384 g/mol. The Kier molecular flexibility index (Phi) is 6.37. The van der Waals surface area contributed by atoms with E-state index in [0.717, 1.165) is 5.56 Å². The maximum atomic E-state index is 12.4. The van der Waals surface area contributed by atoms with Gasteiger partial charge < -0.3 is 24.4 Å². The second kappa shape index (κ2) is 9.12. The zero-order valence-electron chi connectivity index (χ0n) is 15.8. The summed E-state index contributed by atoms with van der Waals surface area (Å²) in [6.45, 7) is 3.56. The number of amides is 2. The topological polar surface area (TPSA) is 79.3 Å². The first-order valence-corrected chi connectivity index (χ1v) is 9.19. The van der Waals surface area contributed by atoms with Gasteiger partial charge in [0.1, 0.15) is 5.75 Å². The minimum atomic E-state index is -0.175. The van der Waals surface area contributed by atoms with Crippen LogP contribution in [0.5, 0.6) is 17.2 Å². The smallest absolute Gasteiger partial charge is 0.260 e. The van der Waals surface area contributed by atoms with Crippen LogP contribution in [0.25, 0.3) is 0 Å². The number of rotatable bonds is 6. The van der Waals surface area contributed by atoms with E-state index in [1.54, 1.807) is 28.0 Å². The molecule has 0 aliphatic carbocycles. The molecule has 0 atom stereocenters. The first-order chi connectivity index (χ1) is 13.5. The average molecular weight is 384 g/mol. The number of para-hydroxylation sites is 3. The van der Waals surface area contributed by atoms with Gasteiger partial charge in [-0.3, -0.25) is 9.59 Å². The van der Waals surface area contributed by atoms with Crippen molar-refractivity contribution in [3.05, 3.63) is 54.1 Å². The molecule has 7 heteroatoms. The van der Waals surface area contributed by atoms with Crippen LogP contribution in [0.15, 0.2) is 48.5 Å². The number of phenolic OH excluding ortho intramolecular Hbond substituents is 1. The Hall–Kier alpha value is -3.22. The van der Waals surface area contributed by atoms with Crippen molar-refractivity contribution in [1.82, 2.24) is 9.80 Å². The Morgan fingerprint density at radius 1 is 0.821 bits per heavy atom. The van der Waals surface area contributed by atoms with Gasteiger partial charge in [0.05, 0.1) is 0 Å². The summed E-state index contributed by atoms with van der Waals surface area (Å²) in [7, 11) is 0. The normalized spacial score (nSPS) is 13.9. The van der Waals surface area contributed by atoms with Crippen LogP contribution in [-0.2, 0) is 9.59 Å². The highest BCUT2D eigenvalue weighted by Gasteiger charge is 2.24. The average Bonchev–Trinajstić information content (AvgIpc) is 2.72. The highest BCUT2D eigenvalue weighted by atomic mass is 16.5. The van der Waals surface area contributed by atoms with Crippen LogP contribution >= 0.6 is 0 Å². The van der Waals surface area contributed by atoms with Gasteiger partial charge in [0, 0.05) is 26.2 Å². The summed E-state index contributed by atoms with van der Waals surface area (Å²) < 4.78 is 11.0. The number of benzene rings is 2. The van der Waals surface area contributed by atoms with E-state index in [-0.39, 0.29) is 36.5 Å². The molecule has 1 aliphatic rings. The zero-order chi connectivity index (χ0) is 19.9. The Morgan fingerprint density at radius 3 is 1.82 bits per heavy atom. The van der Waals surface area contributed by atoms with E-state index in [1.807, 2.05) is 31.2 Å². The lowest BCUT2D eigenvalue weighted by atomic mass is 10.2. The van der Waals surface area contributed by atoms with Crippen molar-refractivity contribution >= 4 is 11.8 Å². The first kappa shape index (κ1) is 19.5. The second-order valence-electron chi connectivity index (χ2n) is 6.57. The Balaban J connectivity index is 1.42. The molecule has 0 bridgehead atoms. The van der Waals surface area contributed by atoms with Crippen molar-refractivity contribution in [2.45, 2.75) is 6.92 Å². The first-order valence-electron chi connectivity index (χ1n) is 9.19. The minimum absolute atomic E-state index is 0.000584. The molecule has 0 saturated carbocycles. The molecule has 0 spiro atoms. The van der Waals surface area contributed by atoms with E-state index in [0.29, 0.717) is 31.9 Å².